The molecule has 2 aromatic rings. The molecule has 4 rings (SSSR count). The molecule has 0 saturated carbocycles. The number of pyridine rings is 1. The fourth-order valence-electron chi connectivity index (χ4n) is 3.99. The Kier molecular flexibility index (Phi) is 4.33. The Balaban J connectivity index is 1.40. The van der Waals surface area contributed by atoms with Gasteiger partial charge in [-0.3, -0.25) is 14.3 Å². The number of piperidine rings is 1. The summed E-state index contributed by atoms with van der Waals surface area (Å²) in [6, 6.07) is 5.49. The van der Waals surface area contributed by atoms with Crippen molar-refractivity contribution in [1.29, 1.82) is 0 Å². The lowest BCUT2D eigenvalue weighted by Gasteiger charge is -2.50. The molecule has 1 fully saturated rings. The highest BCUT2D eigenvalue weighted by Gasteiger charge is 2.45. The van der Waals surface area contributed by atoms with Crippen LogP contribution in [-0.4, -0.2) is 57.3 Å². The second kappa shape index (κ2) is 6.68. The van der Waals surface area contributed by atoms with Gasteiger partial charge in [-0.15, -0.1) is 0 Å². The van der Waals surface area contributed by atoms with E-state index in [1.165, 1.54) is 0 Å². The van der Waals surface area contributed by atoms with Gasteiger partial charge in [-0.05, 0) is 25.1 Å². The highest BCUT2D eigenvalue weighted by Crippen LogP contribution is 2.34. The first kappa shape index (κ1) is 17.5. The molecule has 0 bridgehead atoms. The van der Waals surface area contributed by atoms with Crippen molar-refractivity contribution in [3.8, 4) is 0 Å². The summed E-state index contributed by atoms with van der Waals surface area (Å²) >= 11 is 0. The van der Waals surface area contributed by atoms with Gasteiger partial charge in [0.25, 0.3) is 5.91 Å². The van der Waals surface area contributed by atoms with Crippen molar-refractivity contribution in [1.82, 2.24) is 25.0 Å². The van der Waals surface area contributed by atoms with Crippen molar-refractivity contribution in [2.45, 2.75) is 38.4 Å². The van der Waals surface area contributed by atoms with Crippen LogP contribution in [-0.2, 0) is 11.3 Å². The molecular formula is C19H24N6O2. The zero-order valence-corrected chi connectivity index (χ0v) is 15.7. The normalized spacial score (nSPS) is 18.4. The summed E-state index contributed by atoms with van der Waals surface area (Å²) in [6.07, 6.45) is 5.24. The van der Waals surface area contributed by atoms with Crippen LogP contribution in [0.15, 0.2) is 30.6 Å². The molecule has 0 radical (unpaired) electrons. The second-order valence-electron chi connectivity index (χ2n) is 7.25. The van der Waals surface area contributed by atoms with E-state index in [-0.39, 0.29) is 11.8 Å². The number of hydrogen-bond acceptors (Lipinski definition) is 5. The summed E-state index contributed by atoms with van der Waals surface area (Å²) in [6.45, 7) is 3.80. The van der Waals surface area contributed by atoms with Gasteiger partial charge in [0, 0.05) is 64.0 Å². The summed E-state index contributed by atoms with van der Waals surface area (Å²) < 4.78 is 1.85. The molecule has 2 aliphatic rings. The number of likely N-dealkylation sites (tertiary alicyclic amines) is 1. The zero-order chi connectivity index (χ0) is 19.0. The highest BCUT2D eigenvalue weighted by molar-refractivity contribution is 6.01. The van der Waals surface area contributed by atoms with Crippen LogP contribution in [0, 0.1) is 6.92 Å². The Morgan fingerprint density at radius 2 is 2.04 bits per heavy atom. The van der Waals surface area contributed by atoms with Crippen LogP contribution in [0.25, 0.3) is 0 Å². The molecule has 8 nitrogen and oxygen atoms in total. The number of aryl methyl sites for hydroxylation is 2. The number of fused-ring (bicyclic) bond motifs is 1. The van der Waals surface area contributed by atoms with Crippen LogP contribution in [0.1, 0.15) is 35.3 Å². The third-order valence-corrected chi connectivity index (χ3v) is 5.75. The van der Waals surface area contributed by atoms with Crippen LogP contribution >= 0.6 is 0 Å². The lowest BCUT2D eigenvalue weighted by molar-refractivity contribution is -0.133. The van der Waals surface area contributed by atoms with Crippen LogP contribution in [0.4, 0.5) is 5.82 Å². The molecule has 2 aromatic heterocycles. The van der Waals surface area contributed by atoms with E-state index in [2.05, 4.69) is 20.3 Å². The minimum absolute atomic E-state index is 0.0925. The number of nitrogens with zero attached hydrogens (tertiary/aromatic N) is 5. The quantitative estimate of drug-likeness (QED) is 0.879. The van der Waals surface area contributed by atoms with Crippen molar-refractivity contribution in [2.24, 2.45) is 0 Å². The summed E-state index contributed by atoms with van der Waals surface area (Å²) in [5.41, 5.74) is 1.17. The van der Waals surface area contributed by atoms with E-state index in [4.69, 9.17) is 0 Å². The Bertz CT molecular complexity index is 869. The fraction of sp³-hybridized carbons (Fsp3) is 0.474. The summed E-state index contributed by atoms with van der Waals surface area (Å²) in [5.74, 6) is 0.739. The molecule has 8 heteroatoms. The number of rotatable bonds is 3. The molecule has 2 aliphatic heterocycles. The minimum Gasteiger partial charge on any atom is -0.342 e. The van der Waals surface area contributed by atoms with Gasteiger partial charge in [-0.1, -0.05) is 0 Å². The SMILES string of the molecule is Cc1ccnn1CCC(=O)N1CCC2(CC1)NC(=O)c1cccnc1N2C. The molecule has 0 aliphatic carbocycles. The number of carbonyl (C=O) groups excluding carboxylic acids is 2. The number of anilines is 1. The molecule has 4 heterocycles. The van der Waals surface area contributed by atoms with E-state index < -0.39 is 5.66 Å². The van der Waals surface area contributed by atoms with Crippen LogP contribution < -0.4 is 10.2 Å². The third kappa shape index (κ3) is 3.05. The largest absolute Gasteiger partial charge is 0.342 e. The van der Waals surface area contributed by atoms with Crippen molar-refractivity contribution in [2.75, 3.05) is 25.0 Å². The van der Waals surface area contributed by atoms with Crippen LogP contribution in [0.5, 0.6) is 0 Å². The second-order valence-corrected chi connectivity index (χ2v) is 7.25. The van der Waals surface area contributed by atoms with Crippen molar-refractivity contribution < 1.29 is 9.59 Å². The van der Waals surface area contributed by atoms with E-state index >= 15 is 0 Å². The molecule has 2 amide bonds. The van der Waals surface area contributed by atoms with E-state index in [1.807, 2.05) is 29.6 Å². The molecule has 142 valence electrons. The maximum Gasteiger partial charge on any atom is 0.256 e. The summed E-state index contributed by atoms with van der Waals surface area (Å²) in [7, 11) is 1.96. The van der Waals surface area contributed by atoms with E-state index in [1.54, 1.807) is 24.5 Å². The van der Waals surface area contributed by atoms with Crippen molar-refractivity contribution in [3.05, 3.63) is 41.9 Å². The average molecular weight is 368 g/mol. The van der Waals surface area contributed by atoms with Gasteiger partial charge < -0.3 is 15.1 Å². The van der Waals surface area contributed by atoms with E-state index in [0.717, 1.165) is 5.69 Å². The van der Waals surface area contributed by atoms with E-state index in [9.17, 15) is 9.59 Å². The lowest BCUT2D eigenvalue weighted by Crippen LogP contribution is -2.67. The van der Waals surface area contributed by atoms with Gasteiger partial charge in [0.1, 0.15) is 11.5 Å². The lowest BCUT2D eigenvalue weighted by atomic mass is 9.91. The molecule has 1 spiro atoms. The van der Waals surface area contributed by atoms with Crippen molar-refractivity contribution >= 4 is 17.6 Å². The van der Waals surface area contributed by atoms with Crippen molar-refractivity contribution in [3.63, 3.8) is 0 Å². The monoisotopic (exact) mass is 368 g/mol. The Hall–Kier alpha value is -2.90. The van der Waals surface area contributed by atoms with Crippen LogP contribution in [0.3, 0.4) is 0 Å². The fourth-order valence-corrected chi connectivity index (χ4v) is 3.99. The molecule has 27 heavy (non-hydrogen) atoms. The molecular weight excluding hydrogens is 344 g/mol. The van der Waals surface area contributed by atoms with Gasteiger partial charge in [0.2, 0.25) is 5.91 Å². The number of nitrogens with one attached hydrogen (secondary N) is 1. The summed E-state index contributed by atoms with van der Waals surface area (Å²) in [4.78, 5) is 33.4. The summed E-state index contributed by atoms with van der Waals surface area (Å²) in [5, 5.41) is 7.38. The molecule has 0 unspecified atom stereocenters. The first-order valence-corrected chi connectivity index (χ1v) is 9.28. The highest BCUT2D eigenvalue weighted by atomic mass is 16.2. The van der Waals surface area contributed by atoms with Gasteiger partial charge in [-0.25, -0.2) is 4.98 Å². The predicted octanol–water partition coefficient (Wildman–Crippen LogP) is 1.18. The Morgan fingerprint density at radius 3 is 2.74 bits per heavy atom. The standard InChI is InChI=1S/C19H24N6O2/c1-14-5-10-21-25(14)11-6-16(26)24-12-7-19(8-13-24)22-18(27)15-4-3-9-20-17(15)23(19)2/h3-5,9-10H,6-8,11-13H2,1-2H3,(H,22,27). The van der Waals surface area contributed by atoms with Gasteiger partial charge in [0.15, 0.2) is 0 Å². The van der Waals surface area contributed by atoms with Gasteiger partial charge >= 0.3 is 0 Å². The Labute approximate surface area is 158 Å². The maximum atomic E-state index is 12.6. The van der Waals surface area contributed by atoms with E-state index in [0.29, 0.717) is 50.3 Å². The molecule has 0 aromatic carbocycles. The Morgan fingerprint density at radius 1 is 1.26 bits per heavy atom. The molecule has 0 atom stereocenters. The first-order valence-electron chi connectivity index (χ1n) is 9.28. The average Bonchev–Trinajstić information content (AvgIpc) is 3.10. The van der Waals surface area contributed by atoms with Crippen LogP contribution in [0.2, 0.25) is 0 Å². The zero-order valence-electron chi connectivity index (χ0n) is 15.7. The predicted molar refractivity (Wildman–Crippen MR) is 100 cm³/mol. The topological polar surface area (TPSA) is 83.4 Å². The number of aromatic nitrogens is 3. The number of hydrogen-bond donors (Lipinski definition) is 1. The first-order chi connectivity index (χ1) is 13.0. The van der Waals surface area contributed by atoms with Gasteiger partial charge in [0.05, 0.1) is 5.56 Å². The molecule has 1 saturated heterocycles. The minimum atomic E-state index is -0.478. The maximum absolute atomic E-state index is 12.6. The number of amides is 2. The molecule has 1 N–H and O–H groups in total. The number of carbonyl (C=O) groups is 2. The van der Waals surface area contributed by atoms with Gasteiger partial charge in [-0.2, -0.15) is 5.10 Å². The third-order valence-electron chi connectivity index (χ3n) is 5.75. The smallest absolute Gasteiger partial charge is 0.256 e.